The van der Waals surface area contributed by atoms with Crippen LogP contribution >= 0.6 is 35.6 Å². The molecule has 1 heterocycles. The first-order chi connectivity index (χ1) is 8.56. The van der Waals surface area contributed by atoms with Gasteiger partial charge in [-0.1, -0.05) is 29.3 Å². The summed E-state index contributed by atoms with van der Waals surface area (Å²) in [5, 5.41) is 3.61. The highest BCUT2D eigenvalue weighted by Crippen LogP contribution is 2.29. The molecule has 1 fully saturated rings. The van der Waals surface area contributed by atoms with Crippen molar-refractivity contribution in [3.63, 3.8) is 0 Å². The molecule has 1 saturated heterocycles. The third-order valence-electron chi connectivity index (χ3n) is 2.90. The fourth-order valence-electron chi connectivity index (χ4n) is 2.01. The van der Waals surface area contributed by atoms with Gasteiger partial charge in [-0.3, -0.25) is 9.69 Å². The van der Waals surface area contributed by atoms with Crippen LogP contribution in [0, 0.1) is 0 Å². The average molecular weight is 325 g/mol. The van der Waals surface area contributed by atoms with Gasteiger partial charge in [0.1, 0.15) is 0 Å². The normalized spacial score (nSPS) is 19.0. The minimum absolute atomic E-state index is 0. The lowest BCUT2D eigenvalue weighted by Crippen LogP contribution is -2.33. The molecule has 1 amide bonds. The number of nitrogens with one attached hydrogen (secondary N) is 1. The second kappa shape index (κ2) is 7.31. The average Bonchev–Trinajstić information content (AvgIpc) is 2.69. The summed E-state index contributed by atoms with van der Waals surface area (Å²) in [5.74, 6) is -0.126. The van der Waals surface area contributed by atoms with Crippen molar-refractivity contribution in [2.24, 2.45) is 5.73 Å². The number of anilines is 1. The molecule has 7 heteroatoms. The fraction of sp³-hybridized carbons (Fsp3) is 0.417. The highest BCUT2D eigenvalue weighted by atomic mass is 35.5. The molecule has 1 aliphatic heterocycles. The van der Waals surface area contributed by atoms with Crippen LogP contribution in [0.1, 0.15) is 6.42 Å². The number of para-hydroxylation sites is 1. The fourth-order valence-corrected chi connectivity index (χ4v) is 2.50. The van der Waals surface area contributed by atoms with Crippen LogP contribution in [0.5, 0.6) is 0 Å². The highest BCUT2D eigenvalue weighted by Gasteiger charge is 2.21. The molecule has 106 valence electrons. The number of carbonyl (C=O) groups is 1. The van der Waals surface area contributed by atoms with Crippen LogP contribution in [0.2, 0.25) is 10.0 Å². The second-order valence-corrected chi connectivity index (χ2v) is 5.24. The second-order valence-electron chi connectivity index (χ2n) is 4.43. The van der Waals surface area contributed by atoms with Gasteiger partial charge in [-0.15, -0.1) is 12.4 Å². The number of hydrogen-bond donors (Lipinski definition) is 2. The topological polar surface area (TPSA) is 58.4 Å². The Kier molecular flexibility index (Phi) is 6.36. The number of benzene rings is 1. The smallest absolute Gasteiger partial charge is 0.238 e. The summed E-state index contributed by atoms with van der Waals surface area (Å²) in [5.41, 5.74) is 6.25. The van der Waals surface area contributed by atoms with Crippen LogP contribution in [0.25, 0.3) is 0 Å². The first-order valence-corrected chi connectivity index (χ1v) is 6.53. The Hall–Kier alpha value is -0.520. The van der Waals surface area contributed by atoms with Crippen molar-refractivity contribution in [3.8, 4) is 0 Å². The van der Waals surface area contributed by atoms with E-state index in [0.29, 0.717) is 22.3 Å². The molecule has 2 rings (SSSR count). The number of hydrogen-bond acceptors (Lipinski definition) is 3. The zero-order valence-corrected chi connectivity index (χ0v) is 12.6. The van der Waals surface area contributed by atoms with Crippen LogP contribution in [0.3, 0.4) is 0 Å². The van der Waals surface area contributed by atoms with Crippen LogP contribution in [-0.2, 0) is 4.79 Å². The molecule has 4 nitrogen and oxygen atoms in total. The Morgan fingerprint density at radius 2 is 2.05 bits per heavy atom. The van der Waals surface area contributed by atoms with Gasteiger partial charge in [-0.25, -0.2) is 0 Å². The maximum atomic E-state index is 11.9. The number of halogens is 3. The molecule has 0 unspecified atom stereocenters. The number of likely N-dealkylation sites (tertiary alicyclic amines) is 1. The van der Waals surface area contributed by atoms with E-state index < -0.39 is 0 Å². The third kappa shape index (κ3) is 4.51. The van der Waals surface area contributed by atoms with Gasteiger partial charge in [-0.2, -0.15) is 0 Å². The molecular weight excluding hydrogens is 309 g/mol. The molecule has 0 bridgehead atoms. The van der Waals surface area contributed by atoms with E-state index in [4.69, 9.17) is 28.9 Å². The van der Waals surface area contributed by atoms with Gasteiger partial charge in [0, 0.05) is 19.1 Å². The molecule has 1 aromatic carbocycles. The summed E-state index contributed by atoms with van der Waals surface area (Å²) in [4.78, 5) is 13.9. The highest BCUT2D eigenvalue weighted by molar-refractivity contribution is 6.39. The van der Waals surface area contributed by atoms with Crippen molar-refractivity contribution in [2.45, 2.75) is 12.5 Å². The summed E-state index contributed by atoms with van der Waals surface area (Å²) in [6.07, 6.45) is 0.931. The molecule has 3 N–H and O–H groups in total. The molecule has 19 heavy (non-hydrogen) atoms. The lowest BCUT2D eigenvalue weighted by atomic mass is 10.3. The zero-order chi connectivity index (χ0) is 13.1. The van der Waals surface area contributed by atoms with Gasteiger partial charge in [0.2, 0.25) is 5.91 Å². The van der Waals surface area contributed by atoms with Crippen molar-refractivity contribution in [1.82, 2.24) is 4.90 Å². The van der Waals surface area contributed by atoms with Crippen LogP contribution in [0.4, 0.5) is 5.69 Å². The molecule has 1 atom stereocenters. The third-order valence-corrected chi connectivity index (χ3v) is 3.53. The maximum absolute atomic E-state index is 11.9. The Balaban J connectivity index is 0.00000180. The Labute approximate surface area is 128 Å². The summed E-state index contributed by atoms with van der Waals surface area (Å²) in [6.45, 7) is 1.92. The minimum Gasteiger partial charge on any atom is -0.326 e. The lowest BCUT2D eigenvalue weighted by molar-refractivity contribution is -0.117. The molecule has 0 aliphatic carbocycles. The van der Waals surface area contributed by atoms with Gasteiger partial charge >= 0.3 is 0 Å². The first kappa shape index (κ1) is 16.5. The van der Waals surface area contributed by atoms with Gasteiger partial charge in [-0.05, 0) is 18.6 Å². The van der Waals surface area contributed by atoms with Crippen molar-refractivity contribution < 1.29 is 4.79 Å². The van der Waals surface area contributed by atoms with Crippen molar-refractivity contribution in [3.05, 3.63) is 28.2 Å². The molecule has 0 saturated carbocycles. The van der Waals surface area contributed by atoms with Crippen molar-refractivity contribution in [1.29, 1.82) is 0 Å². The number of amides is 1. The van der Waals surface area contributed by atoms with Gasteiger partial charge in [0.05, 0.1) is 22.3 Å². The van der Waals surface area contributed by atoms with E-state index >= 15 is 0 Å². The largest absolute Gasteiger partial charge is 0.326 e. The Bertz CT molecular complexity index is 436. The summed E-state index contributed by atoms with van der Waals surface area (Å²) in [6, 6.07) is 5.28. The monoisotopic (exact) mass is 323 g/mol. The van der Waals surface area contributed by atoms with Crippen molar-refractivity contribution >= 4 is 47.2 Å². The summed E-state index contributed by atoms with van der Waals surface area (Å²) < 4.78 is 0. The minimum atomic E-state index is -0.126. The number of rotatable bonds is 3. The van der Waals surface area contributed by atoms with Crippen molar-refractivity contribution in [2.75, 3.05) is 25.0 Å². The zero-order valence-electron chi connectivity index (χ0n) is 10.2. The molecule has 1 aromatic rings. The van der Waals surface area contributed by atoms with E-state index in [0.717, 1.165) is 19.5 Å². The number of nitrogens with zero attached hydrogens (tertiary/aromatic N) is 1. The predicted octanol–water partition coefficient (Wildman–Crippen LogP) is 2.39. The van der Waals surface area contributed by atoms with Gasteiger partial charge in [0.25, 0.3) is 0 Å². The Morgan fingerprint density at radius 3 is 2.58 bits per heavy atom. The quantitative estimate of drug-likeness (QED) is 0.897. The van der Waals surface area contributed by atoms with E-state index in [-0.39, 0.29) is 24.4 Å². The van der Waals surface area contributed by atoms with Crippen LogP contribution < -0.4 is 11.1 Å². The van der Waals surface area contributed by atoms with Gasteiger partial charge in [0.15, 0.2) is 0 Å². The lowest BCUT2D eigenvalue weighted by Gasteiger charge is -2.15. The van der Waals surface area contributed by atoms with E-state index in [9.17, 15) is 4.79 Å². The first-order valence-electron chi connectivity index (χ1n) is 5.78. The van der Waals surface area contributed by atoms with E-state index in [2.05, 4.69) is 5.32 Å². The molecular formula is C12H16Cl3N3O. The number of carbonyl (C=O) groups excluding carboxylic acids is 1. The molecule has 0 spiro atoms. The Morgan fingerprint density at radius 1 is 1.42 bits per heavy atom. The molecule has 1 aliphatic rings. The summed E-state index contributed by atoms with van der Waals surface area (Å²) >= 11 is 12.0. The predicted molar refractivity (Wildman–Crippen MR) is 81.4 cm³/mol. The molecule has 0 aromatic heterocycles. The van der Waals surface area contributed by atoms with Gasteiger partial charge < -0.3 is 11.1 Å². The van der Waals surface area contributed by atoms with E-state index in [1.807, 2.05) is 4.90 Å². The van der Waals surface area contributed by atoms with E-state index in [1.54, 1.807) is 18.2 Å². The SMILES string of the molecule is Cl.N[C@H]1CCN(CC(=O)Nc2c(Cl)cccc2Cl)C1. The van der Waals surface area contributed by atoms with Crippen LogP contribution in [-0.4, -0.2) is 36.5 Å². The van der Waals surface area contributed by atoms with Crippen LogP contribution in [0.15, 0.2) is 18.2 Å². The summed E-state index contributed by atoms with van der Waals surface area (Å²) in [7, 11) is 0. The van der Waals surface area contributed by atoms with E-state index in [1.165, 1.54) is 0 Å². The number of nitrogens with two attached hydrogens (primary N) is 1. The maximum Gasteiger partial charge on any atom is 0.238 e. The standard InChI is InChI=1S/C12H15Cl2N3O.ClH/c13-9-2-1-3-10(14)12(9)16-11(18)7-17-5-4-8(15)6-17;/h1-3,8H,4-7,15H2,(H,16,18);1H/t8-;/m0./s1. The molecule has 0 radical (unpaired) electrons.